The minimum Gasteiger partial charge on any atom is -0.348 e. The highest BCUT2D eigenvalue weighted by molar-refractivity contribution is 8.04. The average Bonchev–Trinajstić information content (AvgIpc) is 2.92. The predicted molar refractivity (Wildman–Crippen MR) is 147 cm³/mol. The van der Waals surface area contributed by atoms with Crippen LogP contribution in [0.4, 0.5) is 4.39 Å². The lowest BCUT2D eigenvalue weighted by molar-refractivity contribution is -0.130. The molecule has 2 aliphatic rings. The van der Waals surface area contributed by atoms with E-state index in [1.165, 1.54) is 11.6 Å². The first-order valence-electron chi connectivity index (χ1n) is 12.8. The third-order valence-electron chi connectivity index (χ3n) is 7.16. The number of hydrogen-bond donors (Lipinski definition) is 1. The number of rotatable bonds is 6. The Labute approximate surface area is 222 Å². The molecule has 1 aliphatic carbocycles. The van der Waals surface area contributed by atoms with Gasteiger partial charge in [-0.25, -0.2) is 4.39 Å². The van der Waals surface area contributed by atoms with Crippen LogP contribution in [0.15, 0.2) is 77.7 Å². The lowest BCUT2D eigenvalue weighted by atomic mass is 9.92. The molecule has 0 radical (unpaired) electrons. The maximum absolute atomic E-state index is 14.4. The molecule has 37 heavy (non-hydrogen) atoms. The lowest BCUT2D eigenvalue weighted by Crippen LogP contribution is -2.50. The number of fused-ring (bicyclic) bond motifs is 1. The molecule has 2 unspecified atom stereocenters. The molecule has 190 valence electrons. The van der Waals surface area contributed by atoms with Gasteiger partial charge >= 0.3 is 0 Å². The topological polar surface area (TPSA) is 49.4 Å². The van der Waals surface area contributed by atoms with Crippen molar-refractivity contribution in [3.8, 4) is 0 Å². The minimum absolute atomic E-state index is 0.0451. The van der Waals surface area contributed by atoms with Gasteiger partial charge in [-0.2, -0.15) is 0 Å². The van der Waals surface area contributed by atoms with Crippen molar-refractivity contribution in [3.63, 3.8) is 0 Å². The summed E-state index contributed by atoms with van der Waals surface area (Å²) in [5.74, 6) is -0.456. The Balaban J connectivity index is 1.30. The van der Waals surface area contributed by atoms with Crippen molar-refractivity contribution >= 4 is 29.7 Å². The van der Waals surface area contributed by atoms with Crippen molar-refractivity contribution in [1.29, 1.82) is 0 Å². The number of nitrogens with zero attached hydrogens (tertiary/aromatic N) is 1. The summed E-state index contributed by atoms with van der Waals surface area (Å²) in [5.41, 5.74) is 4.22. The van der Waals surface area contributed by atoms with Crippen molar-refractivity contribution in [1.82, 2.24) is 10.2 Å². The van der Waals surface area contributed by atoms with E-state index < -0.39 is 0 Å². The van der Waals surface area contributed by atoms with Gasteiger partial charge in [-0.3, -0.25) is 9.59 Å². The lowest BCUT2D eigenvalue weighted by Gasteiger charge is -2.44. The summed E-state index contributed by atoms with van der Waals surface area (Å²) in [4.78, 5) is 28.7. The van der Waals surface area contributed by atoms with Gasteiger partial charge in [0.2, 0.25) is 0 Å². The smallest absolute Gasteiger partial charge is 0.260 e. The highest BCUT2D eigenvalue weighted by Crippen LogP contribution is 2.42. The Kier molecular flexibility index (Phi) is 7.75. The van der Waals surface area contributed by atoms with E-state index in [2.05, 4.69) is 5.32 Å². The molecule has 6 heteroatoms. The van der Waals surface area contributed by atoms with Gasteiger partial charge in [0, 0.05) is 35.5 Å². The standard InChI is InChI=1S/C31H31FN2O2S/c1-21-10-12-23(13-11-21)19-33-30(35)24-16-14-22(15-17-24)18-29-31(36)34(20-25-6-2-3-7-26(25)32)27-8-4-5-9-28(27)37-29/h2-3,6-7,10-18,27-28H,4-5,8-9,19-20H2,1H3,(H,33,35)/b29-18-. The van der Waals surface area contributed by atoms with Gasteiger partial charge in [-0.05, 0) is 55.2 Å². The molecule has 2 atom stereocenters. The zero-order chi connectivity index (χ0) is 25.8. The fraction of sp³-hybridized carbons (Fsp3) is 0.290. The van der Waals surface area contributed by atoms with Gasteiger partial charge < -0.3 is 10.2 Å². The maximum Gasteiger partial charge on any atom is 0.260 e. The molecular weight excluding hydrogens is 483 g/mol. The van der Waals surface area contributed by atoms with Gasteiger partial charge in [0.15, 0.2) is 0 Å². The Hall–Kier alpha value is -3.38. The molecule has 2 amide bonds. The van der Waals surface area contributed by atoms with E-state index in [-0.39, 0.29) is 30.2 Å². The SMILES string of the molecule is Cc1ccc(CNC(=O)c2ccc(/C=C3\SC4CCCCC4N(Cc4ccccc4F)C3=O)cc2)cc1. The molecule has 1 heterocycles. The van der Waals surface area contributed by atoms with E-state index in [4.69, 9.17) is 0 Å². The second-order valence-corrected chi connectivity index (χ2v) is 11.1. The van der Waals surface area contributed by atoms with Crippen LogP contribution in [0.5, 0.6) is 0 Å². The van der Waals surface area contributed by atoms with Crippen molar-refractivity contribution in [2.75, 3.05) is 0 Å². The minimum atomic E-state index is -0.275. The van der Waals surface area contributed by atoms with Crippen molar-refractivity contribution in [2.45, 2.75) is 57.0 Å². The van der Waals surface area contributed by atoms with Crippen LogP contribution in [0.2, 0.25) is 0 Å². The molecule has 1 N–H and O–H groups in total. The average molecular weight is 515 g/mol. The Morgan fingerprint density at radius 1 is 1.03 bits per heavy atom. The number of benzene rings is 3. The van der Waals surface area contributed by atoms with Gasteiger partial charge in [0.05, 0.1) is 4.91 Å². The number of carbonyl (C=O) groups is 2. The van der Waals surface area contributed by atoms with Crippen LogP contribution < -0.4 is 5.32 Å². The fourth-order valence-corrected chi connectivity index (χ4v) is 6.52. The molecule has 0 spiro atoms. The van der Waals surface area contributed by atoms with E-state index in [1.807, 2.05) is 60.4 Å². The molecule has 4 nitrogen and oxygen atoms in total. The van der Waals surface area contributed by atoms with Gasteiger partial charge in [-0.1, -0.05) is 73.0 Å². The normalized spacial score (nSPS) is 20.5. The largest absolute Gasteiger partial charge is 0.348 e. The summed E-state index contributed by atoms with van der Waals surface area (Å²) in [7, 11) is 0. The summed E-state index contributed by atoms with van der Waals surface area (Å²) in [6.45, 7) is 2.79. The molecular formula is C31H31FN2O2S. The zero-order valence-corrected chi connectivity index (χ0v) is 21.8. The van der Waals surface area contributed by atoms with Crippen molar-refractivity contribution < 1.29 is 14.0 Å². The highest BCUT2D eigenvalue weighted by atomic mass is 32.2. The molecule has 2 fully saturated rings. The van der Waals surface area contributed by atoms with E-state index in [0.717, 1.165) is 36.8 Å². The maximum atomic E-state index is 14.4. The number of halogens is 1. The number of carbonyl (C=O) groups excluding carboxylic acids is 2. The first kappa shape index (κ1) is 25.3. The summed E-state index contributed by atoms with van der Waals surface area (Å²) in [6.07, 6.45) is 6.15. The molecule has 3 aromatic carbocycles. The van der Waals surface area contributed by atoms with Crippen LogP contribution in [-0.2, 0) is 17.9 Å². The van der Waals surface area contributed by atoms with E-state index in [9.17, 15) is 14.0 Å². The van der Waals surface area contributed by atoms with Crippen LogP contribution in [-0.4, -0.2) is 28.0 Å². The van der Waals surface area contributed by atoms with Gasteiger partial charge in [0.1, 0.15) is 5.82 Å². The fourth-order valence-electron chi connectivity index (χ4n) is 5.04. The Morgan fingerprint density at radius 3 is 2.51 bits per heavy atom. The molecule has 3 aromatic rings. The first-order chi connectivity index (χ1) is 18.0. The van der Waals surface area contributed by atoms with Crippen LogP contribution >= 0.6 is 11.8 Å². The molecule has 1 aliphatic heterocycles. The quantitative estimate of drug-likeness (QED) is 0.383. The third kappa shape index (κ3) is 5.96. The van der Waals surface area contributed by atoms with Crippen molar-refractivity contribution in [3.05, 3.63) is 111 Å². The monoisotopic (exact) mass is 514 g/mol. The molecule has 1 saturated carbocycles. The van der Waals surface area contributed by atoms with Crippen LogP contribution in [0, 0.1) is 12.7 Å². The second kappa shape index (κ2) is 11.3. The predicted octanol–water partition coefficient (Wildman–Crippen LogP) is 6.49. The summed E-state index contributed by atoms with van der Waals surface area (Å²) in [6, 6.07) is 22.2. The van der Waals surface area contributed by atoms with Gasteiger partial charge in [-0.15, -0.1) is 11.8 Å². The Bertz CT molecular complexity index is 1300. The van der Waals surface area contributed by atoms with Gasteiger partial charge in [0.25, 0.3) is 11.8 Å². The molecule has 0 bridgehead atoms. The number of thioether (sulfide) groups is 1. The number of nitrogens with one attached hydrogen (secondary N) is 1. The third-order valence-corrected chi connectivity index (χ3v) is 8.56. The van der Waals surface area contributed by atoms with Crippen LogP contribution in [0.1, 0.15) is 58.3 Å². The summed E-state index contributed by atoms with van der Waals surface area (Å²) >= 11 is 1.65. The summed E-state index contributed by atoms with van der Waals surface area (Å²) < 4.78 is 14.4. The highest BCUT2D eigenvalue weighted by Gasteiger charge is 2.40. The number of aryl methyl sites for hydroxylation is 1. The molecule has 5 rings (SSSR count). The van der Waals surface area contributed by atoms with E-state index in [1.54, 1.807) is 36.0 Å². The number of hydrogen-bond acceptors (Lipinski definition) is 3. The second-order valence-electron chi connectivity index (χ2n) is 9.83. The first-order valence-corrected chi connectivity index (χ1v) is 13.7. The molecule has 0 aromatic heterocycles. The van der Waals surface area contributed by atoms with E-state index in [0.29, 0.717) is 27.8 Å². The molecule has 1 saturated heterocycles. The number of amides is 2. The zero-order valence-electron chi connectivity index (χ0n) is 21.0. The Morgan fingerprint density at radius 2 is 1.76 bits per heavy atom. The summed E-state index contributed by atoms with van der Waals surface area (Å²) in [5, 5.41) is 3.27. The van der Waals surface area contributed by atoms with Crippen molar-refractivity contribution in [2.24, 2.45) is 0 Å². The van der Waals surface area contributed by atoms with E-state index >= 15 is 0 Å². The van der Waals surface area contributed by atoms with Crippen LogP contribution in [0.3, 0.4) is 0 Å². The van der Waals surface area contributed by atoms with Crippen LogP contribution in [0.25, 0.3) is 6.08 Å².